The van der Waals surface area contributed by atoms with Crippen molar-refractivity contribution < 1.29 is 9.21 Å². The molecule has 28 heavy (non-hydrogen) atoms. The Morgan fingerprint density at radius 1 is 0.821 bits per heavy atom. The van der Waals surface area contributed by atoms with Crippen molar-refractivity contribution in [2.45, 2.75) is 6.92 Å². The Morgan fingerprint density at radius 3 is 2.29 bits per heavy atom. The van der Waals surface area contributed by atoms with Crippen molar-refractivity contribution in [3.05, 3.63) is 95.4 Å². The zero-order valence-electron chi connectivity index (χ0n) is 15.5. The highest BCUT2D eigenvalue weighted by Crippen LogP contribution is 2.26. The lowest BCUT2D eigenvalue weighted by Gasteiger charge is -1.99. The minimum Gasteiger partial charge on any atom is -0.441 e. The molecule has 4 rings (SSSR count). The van der Waals surface area contributed by atoms with Gasteiger partial charge >= 0.3 is 0 Å². The molecule has 0 spiro atoms. The minimum atomic E-state index is 0.622. The molecule has 3 aromatic carbocycles. The van der Waals surface area contributed by atoms with Gasteiger partial charge in [-0.05, 0) is 53.1 Å². The van der Waals surface area contributed by atoms with Gasteiger partial charge in [0.05, 0.1) is 0 Å². The molecule has 0 atom stereocenters. The van der Waals surface area contributed by atoms with Crippen molar-refractivity contribution in [2.24, 2.45) is 0 Å². The van der Waals surface area contributed by atoms with Gasteiger partial charge in [0.15, 0.2) is 0 Å². The molecule has 0 fully saturated rings. The first-order valence-corrected chi connectivity index (χ1v) is 9.09. The zero-order valence-corrected chi connectivity index (χ0v) is 15.5. The summed E-state index contributed by atoms with van der Waals surface area (Å²) in [5.74, 6) is 1.40. The van der Waals surface area contributed by atoms with E-state index >= 15 is 0 Å². The van der Waals surface area contributed by atoms with Crippen LogP contribution in [-0.4, -0.2) is 11.3 Å². The van der Waals surface area contributed by atoms with Crippen molar-refractivity contribution in [3.8, 4) is 11.5 Å². The Kier molecular flexibility index (Phi) is 4.98. The van der Waals surface area contributed by atoms with E-state index in [0.717, 1.165) is 39.8 Å². The first kappa shape index (κ1) is 17.7. The Morgan fingerprint density at radius 2 is 1.54 bits per heavy atom. The molecule has 0 saturated heterocycles. The van der Waals surface area contributed by atoms with Crippen LogP contribution in [0.3, 0.4) is 0 Å². The average Bonchev–Trinajstić information content (AvgIpc) is 3.11. The van der Waals surface area contributed by atoms with Gasteiger partial charge in [0.1, 0.15) is 17.7 Å². The molecular weight excluding hydrogens is 346 g/mol. The second kappa shape index (κ2) is 7.89. The quantitative estimate of drug-likeness (QED) is 0.313. The maximum Gasteiger partial charge on any atom is 0.226 e. The number of carbonyl (C=O) groups is 1. The molecule has 0 aliphatic carbocycles. The van der Waals surface area contributed by atoms with E-state index in [4.69, 9.17) is 4.42 Å². The number of rotatable bonds is 5. The summed E-state index contributed by atoms with van der Waals surface area (Å²) in [5.41, 5.74) is 3.82. The summed E-state index contributed by atoms with van der Waals surface area (Å²) < 4.78 is 5.90. The van der Waals surface area contributed by atoms with E-state index < -0.39 is 0 Å². The molecule has 0 unspecified atom stereocenters. The number of aldehydes is 1. The van der Waals surface area contributed by atoms with Gasteiger partial charge in [0.25, 0.3) is 0 Å². The topological polar surface area (TPSA) is 43.1 Å². The number of allylic oxidation sites excluding steroid dienone is 1. The van der Waals surface area contributed by atoms with Crippen LogP contribution in [-0.2, 0) is 4.79 Å². The van der Waals surface area contributed by atoms with Crippen LogP contribution in [0.2, 0.25) is 0 Å². The summed E-state index contributed by atoms with van der Waals surface area (Å²) in [6.45, 7) is 1.92. The maximum atomic E-state index is 10.4. The van der Waals surface area contributed by atoms with Crippen LogP contribution >= 0.6 is 0 Å². The van der Waals surface area contributed by atoms with Crippen molar-refractivity contribution in [2.75, 3.05) is 0 Å². The SMILES string of the molecule is Cc1oc(-c2ccc3ccccc3c2)nc1C=Cc1ccc(/C=C/C=O)cc1. The van der Waals surface area contributed by atoms with Crippen molar-refractivity contribution in [1.82, 2.24) is 4.98 Å². The predicted molar refractivity (Wildman–Crippen MR) is 115 cm³/mol. The predicted octanol–water partition coefficient (Wildman–Crippen LogP) is 6.19. The number of aromatic nitrogens is 1. The highest BCUT2D eigenvalue weighted by Gasteiger charge is 2.10. The van der Waals surface area contributed by atoms with Crippen LogP contribution in [0.1, 0.15) is 22.6 Å². The second-order valence-corrected chi connectivity index (χ2v) is 6.52. The fourth-order valence-corrected chi connectivity index (χ4v) is 3.05. The molecule has 136 valence electrons. The van der Waals surface area contributed by atoms with E-state index in [1.165, 1.54) is 11.5 Å². The molecule has 1 heterocycles. The third-order valence-corrected chi connectivity index (χ3v) is 4.57. The number of hydrogen-bond donors (Lipinski definition) is 0. The van der Waals surface area contributed by atoms with Gasteiger partial charge in [0, 0.05) is 5.56 Å². The van der Waals surface area contributed by atoms with Crippen LogP contribution in [0.15, 0.2) is 77.2 Å². The summed E-state index contributed by atoms with van der Waals surface area (Å²) in [7, 11) is 0. The zero-order chi connectivity index (χ0) is 19.3. The van der Waals surface area contributed by atoms with E-state index in [1.54, 1.807) is 6.08 Å². The van der Waals surface area contributed by atoms with Gasteiger partial charge in [-0.2, -0.15) is 0 Å². The van der Waals surface area contributed by atoms with Crippen molar-refractivity contribution in [3.63, 3.8) is 0 Å². The Hall–Kier alpha value is -3.72. The lowest BCUT2D eigenvalue weighted by Crippen LogP contribution is -1.80. The Bertz CT molecular complexity index is 1180. The number of oxazole rings is 1. The monoisotopic (exact) mass is 365 g/mol. The van der Waals surface area contributed by atoms with Gasteiger partial charge < -0.3 is 4.42 Å². The molecule has 0 N–H and O–H groups in total. The summed E-state index contributed by atoms with van der Waals surface area (Å²) in [6, 6.07) is 22.4. The molecule has 0 radical (unpaired) electrons. The lowest BCUT2D eigenvalue weighted by molar-refractivity contribution is -0.104. The van der Waals surface area contributed by atoms with Crippen molar-refractivity contribution in [1.29, 1.82) is 0 Å². The number of nitrogens with zero attached hydrogens (tertiary/aromatic N) is 1. The summed E-state index contributed by atoms with van der Waals surface area (Å²) in [4.78, 5) is 15.0. The fourth-order valence-electron chi connectivity index (χ4n) is 3.05. The average molecular weight is 365 g/mol. The second-order valence-electron chi connectivity index (χ2n) is 6.52. The summed E-state index contributed by atoms with van der Waals surface area (Å²) in [5, 5.41) is 2.36. The smallest absolute Gasteiger partial charge is 0.226 e. The van der Waals surface area contributed by atoms with Gasteiger partial charge in [-0.3, -0.25) is 4.79 Å². The number of fused-ring (bicyclic) bond motifs is 1. The molecule has 0 amide bonds. The van der Waals surface area contributed by atoms with E-state index in [-0.39, 0.29) is 0 Å². The van der Waals surface area contributed by atoms with Gasteiger partial charge in [-0.25, -0.2) is 4.98 Å². The molecule has 0 aliphatic heterocycles. The first-order valence-electron chi connectivity index (χ1n) is 9.09. The van der Waals surface area contributed by atoms with Gasteiger partial charge in [0.2, 0.25) is 5.89 Å². The fraction of sp³-hybridized carbons (Fsp3) is 0.0400. The number of aryl methyl sites for hydroxylation is 1. The first-order chi connectivity index (χ1) is 13.7. The minimum absolute atomic E-state index is 0.622. The van der Waals surface area contributed by atoms with Crippen LogP contribution in [0.25, 0.3) is 40.5 Å². The highest BCUT2D eigenvalue weighted by molar-refractivity contribution is 5.86. The molecular formula is C25H19NO2. The van der Waals surface area contributed by atoms with E-state index in [0.29, 0.717) is 5.89 Å². The lowest BCUT2D eigenvalue weighted by atomic mass is 10.1. The molecule has 3 heteroatoms. The highest BCUT2D eigenvalue weighted by atomic mass is 16.4. The van der Waals surface area contributed by atoms with Crippen LogP contribution in [0.4, 0.5) is 0 Å². The molecule has 0 aliphatic rings. The third-order valence-electron chi connectivity index (χ3n) is 4.57. The van der Waals surface area contributed by atoms with E-state index in [2.05, 4.69) is 29.2 Å². The number of benzene rings is 3. The molecule has 0 bridgehead atoms. The Balaban J connectivity index is 1.57. The van der Waals surface area contributed by atoms with Gasteiger partial charge in [-0.15, -0.1) is 0 Å². The summed E-state index contributed by atoms with van der Waals surface area (Å²) >= 11 is 0. The van der Waals surface area contributed by atoms with Crippen LogP contribution in [0, 0.1) is 6.92 Å². The van der Waals surface area contributed by atoms with Crippen LogP contribution < -0.4 is 0 Å². The van der Waals surface area contributed by atoms with E-state index in [1.807, 2.05) is 61.5 Å². The maximum absolute atomic E-state index is 10.4. The van der Waals surface area contributed by atoms with Crippen molar-refractivity contribution >= 4 is 35.3 Å². The summed E-state index contributed by atoms with van der Waals surface area (Å²) in [6.07, 6.45) is 7.99. The Labute approximate surface area is 163 Å². The molecule has 0 saturated carbocycles. The van der Waals surface area contributed by atoms with E-state index in [9.17, 15) is 4.79 Å². The number of hydrogen-bond acceptors (Lipinski definition) is 3. The van der Waals surface area contributed by atoms with Gasteiger partial charge in [-0.1, -0.05) is 66.7 Å². The number of carbonyl (C=O) groups excluding carboxylic acids is 1. The third kappa shape index (κ3) is 3.84. The normalized spacial score (nSPS) is 11.6. The molecule has 4 aromatic rings. The molecule has 1 aromatic heterocycles. The van der Waals surface area contributed by atoms with Crippen LogP contribution in [0.5, 0.6) is 0 Å². The molecule has 3 nitrogen and oxygen atoms in total. The standard InChI is InChI=1S/C25H19NO2/c1-18-24(15-12-20-10-8-19(9-11-20)5-4-16-27)26-25(28-18)23-14-13-21-6-2-3-7-22(21)17-23/h2-17H,1H3/b5-4+,15-12?. The largest absolute Gasteiger partial charge is 0.441 e.